The highest BCUT2D eigenvalue weighted by Crippen LogP contribution is 2.33. The fourth-order valence-corrected chi connectivity index (χ4v) is 2.65. The molecule has 0 aliphatic heterocycles. The van der Waals surface area contributed by atoms with Gasteiger partial charge in [-0.15, -0.1) is 22.9 Å². The van der Waals surface area contributed by atoms with Gasteiger partial charge in [-0.3, -0.25) is 4.79 Å². The Bertz CT molecular complexity index is 370. The van der Waals surface area contributed by atoms with Gasteiger partial charge in [0.15, 0.2) is 0 Å². The lowest BCUT2D eigenvalue weighted by molar-refractivity contribution is 0.0854. The molecule has 0 radical (unpaired) electrons. The summed E-state index contributed by atoms with van der Waals surface area (Å²) < 4.78 is 13.1. The molecular weight excluding hydrogens is 237 g/mol. The molecular formula is C10H11ClFNOS. The Balaban J connectivity index is 2.07. The summed E-state index contributed by atoms with van der Waals surface area (Å²) in [5, 5.41) is 4.39. The number of carbonyl (C=O) groups is 1. The Morgan fingerprint density at radius 2 is 2.40 bits per heavy atom. The van der Waals surface area contributed by atoms with Crippen LogP contribution in [0, 0.1) is 5.82 Å². The lowest BCUT2D eigenvalue weighted by Gasteiger charge is -2.40. The number of amides is 1. The topological polar surface area (TPSA) is 29.1 Å². The molecule has 2 rings (SSSR count). The average molecular weight is 248 g/mol. The standard InChI is InChI=1S/C10H11ClFNOS/c11-6-10(3-1-4-10)13-9(14)8-7(12)2-5-15-8/h2,5H,1,3-4,6H2,(H,13,14). The highest BCUT2D eigenvalue weighted by atomic mass is 35.5. The molecule has 1 aliphatic rings. The number of hydrogen-bond donors (Lipinski definition) is 1. The SMILES string of the molecule is O=C(NC1(CCl)CCC1)c1sccc1F. The van der Waals surface area contributed by atoms with E-state index in [2.05, 4.69) is 5.32 Å². The molecule has 15 heavy (non-hydrogen) atoms. The molecule has 0 atom stereocenters. The predicted octanol–water partition coefficient (Wildman–Crippen LogP) is 2.78. The zero-order valence-electron chi connectivity index (χ0n) is 8.06. The van der Waals surface area contributed by atoms with Crippen LogP contribution in [0.5, 0.6) is 0 Å². The highest BCUT2D eigenvalue weighted by Gasteiger charge is 2.38. The maximum absolute atomic E-state index is 13.1. The van der Waals surface area contributed by atoms with E-state index >= 15 is 0 Å². The van der Waals surface area contributed by atoms with E-state index in [9.17, 15) is 9.18 Å². The molecule has 1 heterocycles. The average Bonchev–Trinajstić information content (AvgIpc) is 2.58. The van der Waals surface area contributed by atoms with Crippen LogP contribution >= 0.6 is 22.9 Å². The summed E-state index contributed by atoms with van der Waals surface area (Å²) in [7, 11) is 0. The minimum absolute atomic E-state index is 0.145. The number of halogens is 2. The lowest BCUT2D eigenvalue weighted by Crippen LogP contribution is -2.54. The van der Waals surface area contributed by atoms with Gasteiger partial charge in [0.25, 0.3) is 5.91 Å². The van der Waals surface area contributed by atoms with Gasteiger partial charge < -0.3 is 5.32 Å². The van der Waals surface area contributed by atoms with Crippen LogP contribution in [0.2, 0.25) is 0 Å². The third-order valence-electron chi connectivity index (χ3n) is 2.77. The zero-order chi connectivity index (χ0) is 10.9. The molecule has 1 fully saturated rings. The Hall–Kier alpha value is -0.610. The minimum atomic E-state index is -0.457. The molecule has 0 spiro atoms. The van der Waals surface area contributed by atoms with Crippen LogP contribution in [-0.4, -0.2) is 17.3 Å². The molecule has 5 heteroatoms. The second-order valence-corrected chi connectivity index (χ2v) is 5.00. The van der Waals surface area contributed by atoms with E-state index in [1.165, 1.54) is 6.07 Å². The van der Waals surface area contributed by atoms with Gasteiger partial charge in [0.05, 0.1) is 5.54 Å². The number of alkyl halides is 1. The van der Waals surface area contributed by atoms with Crippen molar-refractivity contribution in [3.63, 3.8) is 0 Å². The van der Waals surface area contributed by atoms with Crippen molar-refractivity contribution in [3.8, 4) is 0 Å². The number of thiophene rings is 1. The van der Waals surface area contributed by atoms with Crippen molar-refractivity contribution < 1.29 is 9.18 Å². The van der Waals surface area contributed by atoms with Gasteiger partial charge >= 0.3 is 0 Å². The molecule has 1 aromatic rings. The Labute approximate surface area is 96.4 Å². The van der Waals surface area contributed by atoms with Crippen molar-refractivity contribution in [1.82, 2.24) is 5.32 Å². The first-order valence-corrected chi connectivity index (χ1v) is 6.20. The summed E-state index contributed by atoms with van der Waals surface area (Å²) in [6.07, 6.45) is 2.84. The van der Waals surface area contributed by atoms with Crippen LogP contribution < -0.4 is 5.32 Å². The first kappa shape index (κ1) is 10.9. The summed E-state index contributed by atoms with van der Waals surface area (Å²) in [5.74, 6) is -0.407. The van der Waals surface area contributed by atoms with Gasteiger partial charge in [0, 0.05) is 5.88 Å². The zero-order valence-corrected chi connectivity index (χ0v) is 9.63. The van der Waals surface area contributed by atoms with Crippen LogP contribution in [-0.2, 0) is 0 Å². The van der Waals surface area contributed by atoms with E-state index in [0.717, 1.165) is 30.6 Å². The van der Waals surface area contributed by atoms with Crippen molar-refractivity contribution in [1.29, 1.82) is 0 Å². The van der Waals surface area contributed by atoms with Crippen molar-refractivity contribution >= 4 is 28.8 Å². The smallest absolute Gasteiger partial charge is 0.264 e. The van der Waals surface area contributed by atoms with E-state index < -0.39 is 5.82 Å². The fraction of sp³-hybridized carbons (Fsp3) is 0.500. The van der Waals surface area contributed by atoms with E-state index in [1.807, 2.05) is 0 Å². The van der Waals surface area contributed by atoms with E-state index in [-0.39, 0.29) is 16.3 Å². The lowest BCUT2D eigenvalue weighted by atomic mass is 9.78. The summed E-state index contributed by atoms with van der Waals surface area (Å²) in [6, 6.07) is 1.30. The first-order chi connectivity index (χ1) is 7.17. The van der Waals surface area contributed by atoms with Crippen molar-refractivity contribution in [2.45, 2.75) is 24.8 Å². The number of carbonyl (C=O) groups excluding carboxylic acids is 1. The second kappa shape index (κ2) is 4.10. The molecule has 2 nitrogen and oxygen atoms in total. The normalized spacial score (nSPS) is 18.3. The molecule has 82 valence electrons. The quantitative estimate of drug-likeness (QED) is 0.818. The molecule has 1 amide bonds. The van der Waals surface area contributed by atoms with Gasteiger partial charge in [0.1, 0.15) is 10.7 Å². The van der Waals surface area contributed by atoms with E-state index in [0.29, 0.717) is 5.88 Å². The predicted molar refractivity (Wildman–Crippen MR) is 59.0 cm³/mol. The summed E-state index contributed by atoms with van der Waals surface area (Å²) in [5.41, 5.74) is -0.297. The number of nitrogens with one attached hydrogen (secondary N) is 1. The number of rotatable bonds is 3. The maximum Gasteiger partial charge on any atom is 0.264 e. The van der Waals surface area contributed by atoms with E-state index in [4.69, 9.17) is 11.6 Å². The summed E-state index contributed by atoms with van der Waals surface area (Å²) in [4.78, 5) is 11.8. The molecule has 0 saturated heterocycles. The summed E-state index contributed by atoms with van der Waals surface area (Å²) >= 11 is 6.91. The van der Waals surface area contributed by atoms with E-state index in [1.54, 1.807) is 5.38 Å². The van der Waals surface area contributed by atoms with Crippen LogP contribution in [0.3, 0.4) is 0 Å². The number of hydrogen-bond acceptors (Lipinski definition) is 2. The monoisotopic (exact) mass is 247 g/mol. The highest BCUT2D eigenvalue weighted by molar-refractivity contribution is 7.12. The van der Waals surface area contributed by atoms with Gasteiger partial charge in [-0.25, -0.2) is 4.39 Å². The molecule has 1 saturated carbocycles. The van der Waals surface area contributed by atoms with Crippen molar-refractivity contribution in [2.24, 2.45) is 0 Å². The van der Waals surface area contributed by atoms with Gasteiger partial charge in [-0.05, 0) is 30.7 Å². The Morgan fingerprint density at radius 1 is 1.67 bits per heavy atom. The summed E-state index contributed by atoms with van der Waals surface area (Å²) in [6.45, 7) is 0. The fourth-order valence-electron chi connectivity index (χ4n) is 1.65. The molecule has 1 aromatic heterocycles. The van der Waals surface area contributed by atoms with Gasteiger partial charge in [-0.1, -0.05) is 0 Å². The van der Waals surface area contributed by atoms with Crippen LogP contribution in [0.4, 0.5) is 4.39 Å². The third-order valence-corrected chi connectivity index (χ3v) is 4.17. The van der Waals surface area contributed by atoms with Crippen LogP contribution in [0.15, 0.2) is 11.4 Å². The molecule has 1 aliphatic carbocycles. The third kappa shape index (κ3) is 2.01. The Kier molecular flexibility index (Phi) is 2.98. The molecule has 1 N–H and O–H groups in total. The van der Waals surface area contributed by atoms with Crippen molar-refractivity contribution in [3.05, 3.63) is 22.1 Å². The van der Waals surface area contributed by atoms with Gasteiger partial charge in [0.2, 0.25) is 0 Å². The van der Waals surface area contributed by atoms with Crippen LogP contribution in [0.25, 0.3) is 0 Å². The molecule has 0 aromatic carbocycles. The maximum atomic E-state index is 13.1. The second-order valence-electron chi connectivity index (χ2n) is 3.82. The largest absolute Gasteiger partial charge is 0.345 e. The Morgan fingerprint density at radius 3 is 2.80 bits per heavy atom. The van der Waals surface area contributed by atoms with Crippen LogP contribution in [0.1, 0.15) is 28.9 Å². The first-order valence-electron chi connectivity index (χ1n) is 4.78. The molecule has 0 bridgehead atoms. The van der Waals surface area contributed by atoms with Gasteiger partial charge in [-0.2, -0.15) is 0 Å². The van der Waals surface area contributed by atoms with Crippen molar-refractivity contribution in [2.75, 3.05) is 5.88 Å². The molecule has 0 unspecified atom stereocenters. The minimum Gasteiger partial charge on any atom is -0.345 e.